The number of aliphatic hydroxyl groups is 1. The predicted octanol–water partition coefficient (Wildman–Crippen LogP) is 1.49. The molecule has 0 radical (unpaired) electrons. The van der Waals surface area contributed by atoms with E-state index in [-0.39, 0.29) is 0 Å². The Morgan fingerprint density at radius 1 is 1.50 bits per heavy atom. The fraction of sp³-hybridized carbons (Fsp3) is 1.00. The average Bonchev–Trinajstić information content (AvgIpc) is 2.37. The Morgan fingerprint density at radius 3 is 2.83 bits per heavy atom. The lowest BCUT2D eigenvalue weighted by molar-refractivity contribution is 0.172. The lowest BCUT2D eigenvalue weighted by Crippen LogP contribution is -2.32. The Balaban J connectivity index is 2.30. The van der Waals surface area contributed by atoms with Crippen LogP contribution in [0, 0.1) is 5.92 Å². The minimum atomic E-state index is 0.314. The lowest BCUT2D eigenvalue weighted by Gasteiger charge is -2.24. The van der Waals surface area contributed by atoms with E-state index in [0.29, 0.717) is 6.61 Å². The fourth-order valence-electron chi connectivity index (χ4n) is 2.13. The molecule has 1 fully saturated rings. The van der Waals surface area contributed by atoms with Gasteiger partial charge in [0.2, 0.25) is 0 Å². The molecule has 1 atom stereocenters. The standard InChI is InChI=1S/C10H21NO/c1-9(2)8-10-4-3-5-11(10)6-7-12/h9-10,12H,3-8H2,1-2H3. The van der Waals surface area contributed by atoms with Crippen molar-refractivity contribution in [3.8, 4) is 0 Å². The molecule has 1 saturated heterocycles. The zero-order valence-electron chi connectivity index (χ0n) is 8.29. The fourth-order valence-corrected chi connectivity index (χ4v) is 2.13. The number of β-amino-alcohol motifs (C(OH)–C–C–N with tert-alkyl or cyclic N) is 1. The van der Waals surface area contributed by atoms with Crippen molar-refractivity contribution in [1.82, 2.24) is 4.90 Å². The highest BCUT2D eigenvalue weighted by atomic mass is 16.3. The maximum Gasteiger partial charge on any atom is 0.0558 e. The van der Waals surface area contributed by atoms with E-state index in [1.165, 1.54) is 25.8 Å². The van der Waals surface area contributed by atoms with Gasteiger partial charge in [-0.15, -0.1) is 0 Å². The quantitative estimate of drug-likeness (QED) is 0.692. The van der Waals surface area contributed by atoms with Crippen molar-refractivity contribution in [2.45, 2.75) is 39.2 Å². The first-order chi connectivity index (χ1) is 5.74. The van der Waals surface area contributed by atoms with Gasteiger partial charge in [0.1, 0.15) is 0 Å². The summed E-state index contributed by atoms with van der Waals surface area (Å²) in [6, 6.07) is 0.747. The summed E-state index contributed by atoms with van der Waals surface area (Å²) in [4.78, 5) is 2.43. The van der Waals surface area contributed by atoms with Crippen LogP contribution in [0.15, 0.2) is 0 Å². The van der Waals surface area contributed by atoms with Gasteiger partial charge in [0.05, 0.1) is 6.61 Å². The van der Waals surface area contributed by atoms with Gasteiger partial charge in [-0.2, -0.15) is 0 Å². The van der Waals surface area contributed by atoms with E-state index in [9.17, 15) is 0 Å². The Morgan fingerprint density at radius 2 is 2.25 bits per heavy atom. The molecular formula is C10H21NO. The molecule has 72 valence electrons. The maximum absolute atomic E-state index is 8.84. The smallest absolute Gasteiger partial charge is 0.0558 e. The van der Waals surface area contributed by atoms with Crippen molar-refractivity contribution in [3.05, 3.63) is 0 Å². The molecule has 2 nitrogen and oxygen atoms in total. The summed E-state index contributed by atoms with van der Waals surface area (Å²) < 4.78 is 0. The first-order valence-electron chi connectivity index (χ1n) is 5.09. The van der Waals surface area contributed by atoms with Crippen LogP contribution in [0.4, 0.5) is 0 Å². The van der Waals surface area contributed by atoms with Crippen LogP contribution in [0.5, 0.6) is 0 Å². The minimum absolute atomic E-state index is 0.314. The van der Waals surface area contributed by atoms with Crippen molar-refractivity contribution in [2.24, 2.45) is 5.92 Å². The Kier molecular flexibility index (Phi) is 4.02. The summed E-state index contributed by atoms with van der Waals surface area (Å²) in [6.07, 6.45) is 3.94. The monoisotopic (exact) mass is 171 g/mol. The zero-order chi connectivity index (χ0) is 8.97. The van der Waals surface area contributed by atoms with Crippen LogP contribution in [-0.2, 0) is 0 Å². The van der Waals surface area contributed by atoms with Crippen LogP contribution in [0.25, 0.3) is 0 Å². The average molecular weight is 171 g/mol. The maximum atomic E-state index is 8.84. The number of nitrogens with zero attached hydrogens (tertiary/aromatic N) is 1. The molecule has 1 aliphatic rings. The summed E-state index contributed by atoms with van der Waals surface area (Å²) >= 11 is 0. The van der Waals surface area contributed by atoms with Crippen LogP contribution >= 0.6 is 0 Å². The third-order valence-corrected chi connectivity index (χ3v) is 2.63. The highest BCUT2D eigenvalue weighted by Crippen LogP contribution is 2.22. The molecule has 1 rings (SSSR count). The lowest BCUT2D eigenvalue weighted by atomic mass is 10.0. The molecular weight excluding hydrogens is 150 g/mol. The molecule has 0 aromatic heterocycles. The molecule has 1 unspecified atom stereocenters. The van der Waals surface area contributed by atoms with Crippen LogP contribution < -0.4 is 0 Å². The summed E-state index contributed by atoms with van der Waals surface area (Å²) in [5.41, 5.74) is 0. The second-order valence-corrected chi connectivity index (χ2v) is 4.19. The van der Waals surface area contributed by atoms with Gasteiger partial charge in [0.25, 0.3) is 0 Å². The van der Waals surface area contributed by atoms with Crippen LogP contribution in [0.2, 0.25) is 0 Å². The van der Waals surface area contributed by atoms with E-state index >= 15 is 0 Å². The topological polar surface area (TPSA) is 23.5 Å². The van der Waals surface area contributed by atoms with E-state index in [4.69, 9.17) is 5.11 Å². The van der Waals surface area contributed by atoms with E-state index < -0.39 is 0 Å². The number of aliphatic hydroxyl groups excluding tert-OH is 1. The van der Waals surface area contributed by atoms with Gasteiger partial charge in [0.15, 0.2) is 0 Å². The van der Waals surface area contributed by atoms with Gasteiger partial charge in [0, 0.05) is 12.6 Å². The van der Waals surface area contributed by atoms with E-state index in [1.54, 1.807) is 0 Å². The Hall–Kier alpha value is -0.0800. The number of rotatable bonds is 4. The molecule has 0 aliphatic carbocycles. The van der Waals surface area contributed by atoms with Crippen LogP contribution in [0.1, 0.15) is 33.1 Å². The van der Waals surface area contributed by atoms with E-state index in [2.05, 4.69) is 18.7 Å². The van der Waals surface area contributed by atoms with Crippen molar-refractivity contribution < 1.29 is 5.11 Å². The molecule has 0 saturated carbocycles. The molecule has 0 aromatic rings. The molecule has 0 spiro atoms. The highest BCUT2D eigenvalue weighted by Gasteiger charge is 2.23. The number of hydrogen-bond donors (Lipinski definition) is 1. The second-order valence-electron chi connectivity index (χ2n) is 4.19. The van der Waals surface area contributed by atoms with Gasteiger partial charge in [-0.1, -0.05) is 13.8 Å². The Bertz CT molecular complexity index is 125. The molecule has 0 aromatic carbocycles. The van der Waals surface area contributed by atoms with Crippen molar-refractivity contribution in [2.75, 3.05) is 19.7 Å². The normalized spacial score (nSPS) is 25.5. The number of hydrogen-bond acceptors (Lipinski definition) is 2. The van der Waals surface area contributed by atoms with E-state index in [1.807, 2.05) is 0 Å². The van der Waals surface area contributed by atoms with Gasteiger partial charge < -0.3 is 5.11 Å². The molecule has 1 heterocycles. The van der Waals surface area contributed by atoms with Crippen LogP contribution in [-0.4, -0.2) is 35.7 Å². The zero-order valence-corrected chi connectivity index (χ0v) is 8.29. The first-order valence-corrected chi connectivity index (χ1v) is 5.09. The largest absolute Gasteiger partial charge is 0.395 e. The summed E-state index contributed by atoms with van der Waals surface area (Å²) in [7, 11) is 0. The van der Waals surface area contributed by atoms with Crippen molar-refractivity contribution in [1.29, 1.82) is 0 Å². The third-order valence-electron chi connectivity index (χ3n) is 2.63. The highest BCUT2D eigenvalue weighted by molar-refractivity contribution is 4.79. The first kappa shape index (κ1) is 10.0. The van der Waals surface area contributed by atoms with Crippen molar-refractivity contribution >= 4 is 0 Å². The molecule has 1 aliphatic heterocycles. The molecule has 12 heavy (non-hydrogen) atoms. The van der Waals surface area contributed by atoms with Gasteiger partial charge in [-0.3, -0.25) is 4.90 Å². The molecule has 1 N–H and O–H groups in total. The van der Waals surface area contributed by atoms with Gasteiger partial charge >= 0.3 is 0 Å². The van der Waals surface area contributed by atoms with Gasteiger partial charge in [-0.25, -0.2) is 0 Å². The predicted molar refractivity (Wildman–Crippen MR) is 51.1 cm³/mol. The third kappa shape index (κ3) is 2.76. The summed E-state index contributed by atoms with van der Waals surface area (Å²) in [5, 5.41) is 8.84. The molecule has 0 bridgehead atoms. The molecule has 2 heteroatoms. The molecule has 0 amide bonds. The number of likely N-dealkylation sites (tertiary alicyclic amines) is 1. The SMILES string of the molecule is CC(C)CC1CCCN1CCO. The van der Waals surface area contributed by atoms with Crippen LogP contribution in [0.3, 0.4) is 0 Å². The van der Waals surface area contributed by atoms with E-state index in [0.717, 1.165) is 18.5 Å². The second kappa shape index (κ2) is 4.83. The van der Waals surface area contributed by atoms with Crippen molar-refractivity contribution in [3.63, 3.8) is 0 Å². The summed E-state index contributed by atoms with van der Waals surface area (Å²) in [6.45, 7) is 6.93. The summed E-state index contributed by atoms with van der Waals surface area (Å²) in [5.74, 6) is 0.786. The minimum Gasteiger partial charge on any atom is -0.395 e. The van der Waals surface area contributed by atoms with Gasteiger partial charge in [-0.05, 0) is 31.7 Å². The Labute approximate surface area is 75.6 Å².